The molecule has 3 N–H and O–H groups in total. The zero-order chi connectivity index (χ0) is 15.3. The lowest BCUT2D eigenvalue weighted by Gasteiger charge is -2.26. The number of pyridine rings is 1. The Bertz CT molecular complexity index is 413. The minimum absolute atomic E-state index is 0.155. The summed E-state index contributed by atoms with van der Waals surface area (Å²) in [6.07, 6.45) is 3.43. The van der Waals surface area contributed by atoms with Crippen LogP contribution in [0.15, 0.2) is 12.4 Å². The van der Waals surface area contributed by atoms with Gasteiger partial charge < -0.3 is 10.6 Å². The molecule has 1 unspecified atom stereocenters. The van der Waals surface area contributed by atoms with Crippen LogP contribution in [-0.4, -0.2) is 30.2 Å². The van der Waals surface area contributed by atoms with E-state index in [0.717, 1.165) is 6.42 Å². The van der Waals surface area contributed by atoms with Crippen molar-refractivity contribution in [2.45, 2.75) is 45.8 Å². The Morgan fingerprint density at radius 3 is 2.65 bits per heavy atom. The van der Waals surface area contributed by atoms with Crippen molar-refractivity contribution in [1.29, 1.82) is 0 Å². The monoisotopic (exact) mass is 284 g/mol. The van der Waals surface area contributed by atoms with Gasteiger partial charge in [0.25, 0.3) is 0 Å². The van der Waals surface area contributed by atoms with Crippen molar-refractivity contribution in [3.8, 4) is 0 Å². The molecule has 0 aliphatic carbocycles. The standard InChI is InChI=1S/C14H25FN4O/c1-10(18-20-14(2,3)4)6-7-19(5)13-11(15)8-17-9-12(13)16/h8-10,18H,6-7,16H2,1-5H3. The molecule has 0 saturated heterocycles. The Labute approximate surface area is 120 Å². The molecule has 0 spiro atoms. The van der Waals surface area contributed by atoms with E-state index in [4.69, 9.17) is 10.6 Å². The van der Waals surface area contributed by atoms with Crippen molar-refractivity contribution < 1.29 is 9.23 Å². The first-order valence-corrected chi connectivity index (χ1v) is 6.74. The predicted octanol–water partition coefficient (Wildman–Crippen LogP) is 2.34. The number of hydrogen-bond donors (Lipinski definition) is 2. The Balaban J connectivity index is 2.49. The summed E-state index contributed by atoms with van der Waals surface area (Å²) in [5, 5.41) is 0. The third kappa shape index (κ3) is 5.30. The van der Waals surface area contributed by atoms with Gasteiger partial charge in [0.15, 0.2) is 5.82 Å². The Morgan fingerprint density at radius 1 is 1.45 bits per heavy atom. The number of aromatic nitrogens is 1. The molecule has 1 aromatic rings. The van der Waals surface area contributed by atoms with E-state index in [1.807, 2.05) is 34.7 Å². The summed E-state index contributed by atoms with van der Waals surface area (Å²) >= 11 is 0. The van der Waals surface area contributed by atoms with Crippen LogP contribution in [0.3, 0.4) is 0 Å². The summed E-state index contributed by atoms with van der Waals surface area (Å²) in [6, 6.07) is 0.155. The fourth-order valence-corrected chi connectivity index (χ4v) is 1.68. The number of hydroxylamine groups is 1. The van der Waals surface area contributed by atoms with Crippen molar-refractivity contribution in [2.24, 2.45) is 0 Å². The maximum absolute atomic E-state index is 13.7. The summed E-state index contributed by atoms with van der Waals surface area (Å²) in [5.41, 5.74) is 9.26. The molecule has 5 nitrogen and oxygen atoms in total. The highest BCUT2D eigenvalue weighted by atomic mass is 19.1. The fraction of sp³-hybridized carbons (Fsp3) is 0.643. The third-order valence-corrected chi connectivity index (χ3v) is 2.75. The molecule has 20 heavy (non-hydrogen) atoms. The van der Waals surface area contributed by atoms with E-state index in [9.17, 15) is 4.39 Å². The first kappa shape index (κ1) is 16.7. The molecule has 1 aromatic heterocycles. The van der Waals surface area contributed by atoms with Crippen LogP contribution in [-0.2, 0) is 4.84 Å². The minimum atomic E-state index is -0.404. The van der Waals surface area contributed by atoms with Crippen LogP contribution >= 0.6 is 0 Å². The van der Waals surface area contributed by atoms with Crippen molar-refractivity contribution in [3.05, 3.63) is 18.2 Å². The lowest BCUT2D eigenvalue weighted by molar-refractivity contribution is -0.0865. The zero-order valence-corrected chi connectivity index (χ0v) is 12.9. The van der Waals surface area contributed by atoms with Gasteiger partial charge in [0, 0.05) is 19.6 Å². The van der Waals surface area contributed by atoms with Gasteiger partial charge in [-0.15, -0.1) is 0 Å². The molecule has 1 heterocycles. The SMILES string of the molecule is CC(CCN(C)c1c(N)cncc1F)NOC(C)(C)C. The summed E-state index contributed by atoms with van der Waals surface area (Å²) in [4.78, 5) is 11.0. The molecule has 0 amide bonds. The average molecular weight is 284 g/mol. The molecule has 0 aliphatic rings. The van der Waals surface area contributed by atoms with Gasteiger partial charge in [-0.3, -0.25) is 9.82 Å². The molecule has 1 rings (SSSR count). The number of hydrogen-bond acceptors (Lipinski definition) is 5. The maximum Gasteiger partial charge on any atom is 0.166 e. The van der Waals surface area contributed by atoms with E-state index in [2.05, 4.69) is 10.5 Å². The van der Waals surface area contributed by atoms with E-state index < -0.39 is 5.82 Å². The Hall–Kier alpha value is -1.40. The second-order valence-corrected chi connectivity index (χ2v) is 6.00. The van der Waals surface area contributed by atoms with E-state index in [1.165, 1.54) is 12.4 Å². The second-order valence-electron chi connectivity index (χ2n) is 6.00. The van der Waals surface area contributed by atoms with E-state index in [-0.39, 0.29) is 11.6 Å². The molecular weight excluding hydrogens is 259 g/mol. The average Bonchev–Trinajstić information content (AvgIpc) is 2.32. The van der Waals surface area contributed by atoms with Crippen LogP contribution in [0.2, 0.25) is 0 Å². The van der Waals surface area contributed by atoms with Crippen LogP contribution in [0.25, 0.3) is 0 Å². The van der Waals surface area contributed by atoms with Gasteiger partial charge in [0.05, 0.1) is 29.4 Å². The topological polar surface area (TPSA) is 63.4 Å². The van der Waals surface area contributed by atoms with Gasteiger partial charge in [0.1, 0.15) is 0 Å². The number of nitrogens with one attached hydrogen (secondary N) is 1. The van der Waals surface area contributed by atoms with E-state index >= 15 is 0 Å². The van der Waals surface area contributed by atoms with Crippen LogP contribution in [0.4, 0.5) is 15.8 Å². The minimum Gasteiger partial charge on any atom is -0.396 e. The molecule has 6 heteroatoms. The summed E-state index contributed by atoms with van der Waals surface area (Å²) in [6.45, 7) is 8.61. The Morgan fingerprint density at radius 2 is 2.10 bits per heavy atom. The molecule has 1 atom stereocenters. The van der Waals surface area contributed by atoms with Gasteiger partial charge in [-0.05, 0) is 34.1 Å². The molecular formula is C14H25FN4O. The summed E-state index contributed by atoms with van der Waals surface area (Å²) in [7, 11) is 1.81. The lowest BCUT2D eigenvalue weighted by atomic mass is 10.2. The number of nitrogens with two attached hydrogens (primary N) is 1. The molecule has 0 bridgehead atoms. The number of nitrogens with zero attached hydrogens (tertiary/aromatic N) is 2. The fourth-order valence-electron chi connectivity index (χ4n) is 1.68. The number of nitrogen functional groups attached to an aromatic ring is 1. The first-order chi connectivity index (χ1) is 9.20. The van der Waals surface area contributed by atoms with Crippen molar-refractivity contribution in [3.63, 3.8) is 0 Å². The van der Waals surface area contributed by atoms with Gasteiger partial charge >= 0.3 is 0 Å². The normalized spacial score (nSPS) is 13.3. The van der Waals surface area contributed by atoms with E-state index in [0.29, 0.717) is 17.9 Å². The molecule has 0 aromatic carbocycles. The maximum atomic E-state index is 13.7. The Kier molecular flexibility index (Phi) is 5.71. The van der Waals surface area contributed by atoms with Crippen LogP contribution < -0.4 is 16.1 Å². The summed E-state index contributed by atoms with van der Waals surface area (Å²) in [5.74, 6) is -0.404. The number of halogens is 1. The first-order valence-electron chi connectivity index (χ1n) is 6.74. The van der Waals surface area contributed by atoms with Crippen molar-refractivity contribution in [1.82, 2.24) is 10.5 Å². The van der Waals surface area contributed by atoms with Gasteiger partial charge in [0.2, 0.25) is 0 Å². The van der Waals surface area contributed by atoms with Crippen LogP contribution in [0.1, 0.15) is 34.1 Å². The van der Waals surface area contributed by atoms with Gasteiger partial charge in [-0.25, -0.2) is 4.39 Å². The third-order valence-electron chi connectivity index (χ3n) is 2.75. The molecule has 0 aliphatic heterocycles. The van der Waals surface area contributed by atoms with Gasteiger partial charge in [-0.1, -0.05) is 0 Å². The van der Waals surface area contributed by atoms with Crippen molar-refractivity contribution in [2.75, 3.05) is 24.2 Å². The highest BCUT2D eigenvalue weighted by Crippen LogP contribution is 2.24. The highest BCUT2D eigenvalue weighted by molar-refractivity contribution is 5.66. The van der Waals surface area contributed by atoms with Crippen molar-refractivity contribution >= 4 is 11.4 Å². The van der Waals surface area contributed by atoms with Crippen LogP contribution in [0, 0.1) is 5.82 Å². The molecule has 0 radical (unpaired) electrons. The molecule has 0 fully saturated rings. The number of anilines is 2. The largest absolute Gasteiger partial charge is 0.396 e. The molecule has 0 saturated carbocycles. The summed E-state index contributed by atoms with van der Waals surface area (Å²) < 4.78 is 13.7. The zero-order valence-electron chi connectivity index (χ0n) is 12.9. The highest BCUT2D eigenvalue weighted by Gasteiger charge is 2.15. The van der Waals surface area contributed by atoms with Gasteiger partial charge in [-0.2, -0.15) is 5.48 Å². The smallest absolute Gasteiger partial charge is 0.166 e. The van der Waals surface area contributed by atoms with E-state index in [1.54, 1.807) is 4.90 Å². The lowest BCUT2D eigenvalue weighted by Crippen LogP contribution is -2.37. The molecule has 114 valence electrons. The quantitative estimate of drug-likeness (QED) is 0.785. The number of rotatable bonds is 6. The second kappa shape index (κ2) is 6.85. The predicted molar refractivity (Wildman–Crippen MR) is 79.9 cm³/mol. The van der Waals surface area contributed by atoms with Crippen LogP contribution in [0.5, 0.6) is 0 Å².